The number of rotatable bonds is 4. The lowest BCUT2D eigenvalue weighted by atomic mass is 10.0. The SMILES string of the molecule is Cc1oc(-c2ccccc2)nc1C1=C(c2nc(-c3ccccc3)oc2C)/C(=N/O)CC1. The van der Waals surface area contributed by atoms with Crippen LogP contribution in [0.5, 0.6) is 0 Å². The second kappa shape index (κ2) is 7.72. The summed E-state index contributed by atoms with van der Waals surface area (Å²) in [7, 11) is 0. The van der Waals surface area contributed by atoms with Gasteiger partial charge in [0.15, 0.2) is 0 Å². The van der Waals surface area contributed by atoms with Crippen molar-refractivity contribution in [1.29, 1.82) is 0 Å². The molecule has 1 N–H and O–H groups in total. The molecule has 1 aliphatic carbocycles. The zero-order valence-electron chi connectivity index (χ0n) is 17.3. The molecule has 5 rings (SSSR count). The summed E-state index contributed by atoms with van der Waals surface area (Å²) in [5, 5.41) is 13.2. The molecule has 0 atom stereocenters. The van der Waals surface area contributed by atoms with Gasteiger partial charge in [-0.05, 0) is 56.5 Å². The lowest BCUT2D eigenvalue weighted by molar-refractivity contribution is 0.319. The van der Waals surface area contributed by atoms with Crippen molar-refractivity contribution < 1.29 is 14.0 Å². The van der Waals surface area contributed by atoms with Crippen molar-refractivity contribution in [3.8, 4) is 22.9 Å². The van der Waals surface area contributed by atoms with Crippen LogP contribution in [0.1, 0.15) is 35.7 Å². The molecule has 0 amide bonds. The number of oxazole rings is 2. The number of nitrogens with zero attached hydrogens (tertiary/aromatic N) is 3. The Balaban J connectivity index is 1.65. The fourth-order valence-electron chi connectivity index (χ4n) is 4.00. The van der Waals surface area contributed by atoms with Gasteiger partial charge in [0, 0.05) is 16.7 Å². The molecule has 2 heterocycles. The van der Waals surface area contributed by atoms with Crippen molar-refractivity contribution in [2.45, 2.75) is 26.7 Å². The summed E-state index contributed by atoms with van der Waals surface area (Å²) in [4.78, 5) is 9.54. The summed E-state index contributed by atoms with van der Waals surface area (Å²) in [5.41, 5.74) is 5.53. The largest absolute Gasteiger partial charge is 0.441 e. The zero-order chi connectivity index (χ0) is 21.4. The Morgan fingerprint density at radius 3 is 1.81 bits per heavy atom. The second-order valence-electron chi connectivity index (χ2n) is 7.48. The molecule has 0 fully saturated rings. The molecule has 0 saturated heterocycles. The molecule has 0 aliphatic heterocycles. The van der Waals surface area contributed by atoms with Gasteiger partial charge < -0.3 is 14.0 Å². The van der Waals surface area contributed by atoms with E-state index in [4.69, 9.17) is 18.8 Å². The second-order valence-corrected chi connectivity index (χ2v) is 7.48. The van der Waals surface area contributed by atoms with Gasteiger partial charge in [0.2, 0.25) is 11.8 Å². The minimum absolute atomic E-state index is 0.533. The monoisotopic (exact) mass is 411 g/mol. The van der Waals surface area contributed by atoms with Crippen LogP contribution in [0.15, 0.2) is 74.7 Å². The highest BCUT2D eigenvalue weighted by atomic mass is 16.4. The predicted molar refractivity (Wildman–Crippen MR) is 119 cm³/mol. The lowest BCUT2D eigenvalue weighted by Crippen LogP contribution is -2.00. The lowest BCUT2D eigenvalue weighted by Gasteiger charge is -2.04. The first-order valence-corrected chi connectivity index (χ1v) is 10.2. The fourth-order valence-corrected chi connectivity index (χ4v) is 4.00. The average molecular weight is 411 g/mol. The number of allylic oxidation sites excluding steroid dienone is 2. The van der Waals surface area contributed by atoms with Gasteiger partial charge in [0.25, 0.3) is 0 Å². The Morgan fingerprint density at radius 2 is 1.26 bits per heavy atom. The van der Waals surface area contributed by atoms with Gasteiger partial charge in [-0.15, -0.1) is 0 Å². The summed E-state index contributed by atoms with van der Waals surface area (Å²) in [6.07, 6.45) is 1.28. The molecule has 0 bridgehead atoms. The Hall–Kier alpha value is -3.93. The van der Waals surface area contributed by atoms with E-state index in [1.807, 2.05) is 74.5 Å². The minimum Gasteiger partial charge on any atom is -0.441 e. The zero-order valence-corrected chi connectivity index (χ0v) is 17.3. The average Bonchev–Trinajstić information content (AvgIpc) is 3.50. The van der Waals surface area contributed by atoms with E-state index in [1.165, 1.54) is 0 Å². The van der Waals surface area contributed by atoms with Crippen LogP contribution in [-0.2, 0) is 0 Å². The predicted octanol–water partition coefficient (Wildman–Crippen LogP) is 6.15. The van der Waals surface area contributed by atoms with Crippen LogP contribution in [0.3, 0.4) is 0 Å². The van der Waals surface area contributed by atoms with Crippen LogP contribution in [-0.4, -0.2) is 20.9 Å². The van der Waals surface area contributed by atoms with E-state index in [-0.39, 0.29) is 0 Å². The van der Waals surface area contributed by atoms with Crippen LogP contribution in [0.25, 0.3) is 34.1 Å². The highest BCUT2D eigenvalue weighted by molar-refractivity contribution is 6.33. The molecule has 6 nitrogen and oxygen atoms in total. The maximum atomic E-state index is 9.68. The Labute approximate surface area is 179 Å². The van der Waals surface area contributed by atoms with Crippen molar-refractivity contribution in [2.24, 2.45) is 5.16 Å². The Bertz CT molecular complexity index is 1300. The van der Waals surface area contributed by atoms with Gasteiger partial charge in [0.05, 0.1) is 5.71 Å². The third-order valence-corrected chi connectivity index (χ3v) is 5.48. The normalized spacial score (nSPS) is 15.2. The van der Waals surface area contributed by atoms with Crippen molar-refractivity contribution in [3.63, 3.8) is 0 Å². The van der Waals surface area contributed by atoms with E-state index >= 15 is 0 Å². The maximum Gasteiger partial charge on any atom is 0.226 e. The molecule has 2 aromatic carbocycles. The molecule has 0 saturated carbocycles. The summed E-state index contributed by atoms with van der Waals surface area (Å²) in [5.74, 6) is 2.48. The number of hydrogen-bond donors (Lipinski definition) is 1. The van der Waals surface area contributed by atoms with Gasteiger partial charge in [-0.3, -0.25) is 0 Å². The topological polar surface area (TPSA) is 84.7 Å². The van der Waals surface area contributed by atoms with Gasteiger partial charge >= 0.3 is 0 Å². The minimum atomic E-state index is 0.533. The van der Waals surface area contributed by atoms with E-state index in [2.05, 4.69) is 5.16 Å². The number of benzene rings is 2. The number of aryl methyl sites for hydroxylation is 2. The molecular formula is C25H21N3O3. The number of hydrogen-bond acceptors (Lipinski definition) is 6. The first kappa shape index (κ1) is 19.1. The standard InChI is InChI=1S/C25H21N3O3/c1-15-22(26-24(30-15)17-9-5-3-6-10-17)19-13-14-20(28-29)21(19)23-16(2)31-25(27-23)18-11-7-4-8-12-18/h3-12,29H,13-14H2,1-2H3/b28-20+. The maximum absolute atomic E-state index is 9.68. The van der Waals surface area contributed by atoms with Crippen LogP contribution < -0.4 is 0 Å². The third-order valence-electron chi connectivity index (χ3n) is 5.48. The molecule has 4 aromatic rings. The molecule has 0 unspecified atom stereocenters. The smallest absolute Gasteiger partial charge is 0.226 e. The third kappa shape index (κ3) is 3.36. The summed E-state index contributed by atoms with van der Waals surface area (Å²) < 4.78 is 11.9. The summed E-state index contributed by atoms with van der Waals surface area (Å²) in [6, 6.07) is 19.5. The molecular weight excluding hydrogens is 390 g/mol. The molecule has 6 heteroatoms. The van der Waals surface area contributed by atoms with Crippen molar-refractivity contribution >= 4 is 16.9 Å². The highest BCUT2D eigenvalue weighted by Crippen LogP contribution is 2.41. The van der Waals surface area contributed by atoms with Crippen molar-refractivity contribution in [2.75, 3.05) is 0 Å². The van der Waals surface area contributed by atoms with Crippen LogP contribution in [0.2, 0.25) is 0 Å². The van der Waals surface area contributed by atoms with E-state index in [9.17, 15) is 5.21 Å². The quantitative estimate of drug-likeness (QED) is 0.322. The van der Waals surface area contributed by atoms with Gasteiger partial charge in [-0.25, -0.2) is 9.97 Å². The first-order valence-electron chi connectivity index (χ1n) is 10.2. The molecule has 0 radical (unpaired) electrons. The van der Waals surface area contributed by atoms with Crippen molar-refractivity contribution in [1.82, 2.24) is 9.97 Å². The van der Waals surface area contributed by atoms with Gasteiger partial charge in [-0.2, -0.15) is 0 Å². The van der Waals surface area contributed by atoms with Gasteiger partial charge in [-0.1, -0.05) is 41.6 Å². The Morgan fingerprint density at radius 1 is 0.742 bits per heavy atom. The fraction of sp³-hybridized carbons (Fsp3) is 0.160. The molecule has 1 aliphatic rings. The van der Waals surface area contributed by atoms with Gasteiger partial charge in [0.1, 0.15) is 22.9 Å². The van der Waals surface area contributed by atoms with Crippen LogP contribution >= 0.6 is 0 Å². The van der Waals surface area contributed by atoms with E-state index in [0.29, 0.717) is 41.8 Å². The van der Waals surface area contributed by atoms with Crippen LogP contribution in [0.4, 0.5) is 0 Å². The number of oxime groups is 1. The van der Waals surface area contributed by atoms with E-state index in [0.717, 1.165) is 33.7 Å². The van der Waals surface area contributed by atoms with E-state index < -0.39 is 0 Å². The summed E-state index contributed by atoms with van der Waals surface area (Å²) in [6.45, 7) is 3.77. The van der Waals surface area contributed by atoms with Crippen molar-refractivity contribution in [3.05, 3.63) is 83.6 Å². The number of aromatic nitrogens is 2. The molecule has 31 heavy (non-hydrogen) atoms. The first-order chi connectivity index (χ1) is 15.2. The highest BCUT2D eigenvalue weighted by Gasteiger charge is 2.31. The Kier molecular flexibility index (Phi) is 4.75. The van der Waals surface area contributed by atoms with E-state index in [1.54, 1.807) is 0 Å². The summed E-state index contributed by atoms with van der Waals surface area (Å²) >= 11 is 0. The molecule has 0 spiro atoms. The van der Waals surface area contributed by atoms with Crippen LogP contribution in [0, 0.1) is 13.8 Å². The molecule has 154 valence electrons. The molecule has 2 aromatic heterocycles.